The Labute approximate surface area is 121 Å². The lowest BCUT2D eigenvalue weighted by Crippen LogP contribution is -2.43. The van der Waals surface area contributed by atoms with Gasteiger partial charge in [0.1, 0.15) is 0 Å². The molecule has 0 spiro atoms. The third-order valence-electron chi connectivity index (χ3n) is 2.45. The Bertz CT molecular complexity index is 272. The molecular weight excluding hydrogens is 266 g/mol. The van der Waals surface area contributed by atoms with Crippen LogP contribution in [0, 0.1) is 0 Å². The summed E-state index contributed by atoms with van der Waals surface area (Å²) in [5, 5.41) is 16.4. The Balaban J connectivity index is -0.00000144. The van der Waals surface area contributed by atoms with Gasteiger partial charge in [-0.05, 0) is 26.3 Å². The van der Waals surface area contributed by atoms with Crippen LogP contribution in [0.2, 0.25) is 0 Å². The Morgan fingerprint density at radius 2 is 1.85 bits per heavy atom. The van der Waals surface area contributed by atoms with Crippen LogP contribution in [0.4, 0.5) is 0 Å². The number of unbranched alkanes of at least 4 members (excludes halogenated alkanes) is 1. The number of carbonyl (C=O) groups is 3. The molecule has 1 unspecified atom stereocenters. The molecule has 0 aliphatic heterocycles. The first-order chi connectivity index (χ1) is 8.61. The van der Waals surface area contributed by atoms with Crippen LogP contribution in [0.25, 0.3) is 0 Å². The largest absolute Gasteiger partial charge is 0.481 e. The minimum Gasteiger partial charge on any atom is -0.481 e. The fourth-order valence-electron chi connectivity index (χ4n) is 1.46. The van der Waals surface area contributed by atoms with Crippen molar-refractivity contribution in [3.8, 4) is 0 Å². The summed E-state index contributed by atoms with van der Waals surface area (Å²) in [6.07, 6.45) is 2.83. The Kier molecular flexibility index (Phi) is 18.1. The van der Waals surface area contributed by atoms with E-state index in [9.17, 15) is 14.4 Å². The van der Waals surface area contributed by atoms with Crippen molar-refractivity contribution < 1.29 is 19.5 Å². The second-order valence-corrected chi connectivity index (χ2v) is 3.84. The molecule has 120 valence electrons. The van der Waals surface area contributed by atoms with E-state index in [-0.39, 0.29) is 39.8 Å². The van der Waals surface area contributed by atoms with E-state index in [1.807, 2.05) is 0 Å². The molecule has 0 bridgehead atoms. The molecule has 4 N–H and O–H groups in total. The average molecular weight is 295 g/mol. The van der Waals surface area contributed by atoms with Crippen LogP contribution >= 0.6 is 0 Å². The third kappa shape index (κ3) is 12.8. The van der Waals surface area contributed by atoms with E-state index in [1.165, 1.54) is 0 Å². The Morgan fingerprint density at radius 3 is 2.35 bits per heavy atom. The van der Waals surface area contributed by atoms with Gasteiger partial charge in [0.05, 0.1) is 12.5 Å². The maximum atomic E-state index is 11.6. The number of aliphatic carboxylic acids is 1. The first kappa shape index (κ1) is 23.5. The number of rotatable bonds is 11. The maximum absolute atomic E-state index is 11.6. The summed E-state index contributed by atoms with van der Waals surface area (Å²) in [5.41, 5.74) is 0. The minimum absolute atomic E-state index is 0. The lowest BCUT2D eigenvalue weighted by Gasteiger charge is -2.15. The zero-order chi connectivity index (χ0) is 13.8. The first-order valence-electron chi connectivity index (χ1n) is 5.95. The zero-order valence-electron chi connectivity index (χ0n) is 10.6. The molecule has 0 aromatic carbocycles. The SMILES string of the molecule is [13CH3]NC(CCCCN[13CH]=O)C(=O)NCCC(=O)O.[13CH4].[13CH4]. The predicted molar refractivity (Wildman–Crippen MR) is 79.5 cm³/mol. The van der Waals surface area contributed by atoms with Gasteiger partial charge in [-0.3, -0.25) is 14.4 Å². The number of carboxylic acid groups (broad SMARTS) is 1. The number of carboxylic acids is 1. The fourth-order valence-corrected chi connectivity index (χ4v) is 1.46. The van der Waals surface area contributed by atoms with Crippen LogP contribution in [-0.4, -0.2) is 49.6 Å². The molecule has 0 aromatic rings. The highest BCUT2D eigenvalue weighted by molar-refractivity contribution is 5.82. The zero-order valence-corrected chi connectivity index (χ0v) is 10.6. The van der Waals surface area contributed by atoms with Crippen LogP contribution in [0.1, 0.15) is 40.5 Å². The average Bonchev–Trinajstić information content (AvgIpc) is 2.33. The molecule has 20 heavy (non-hydrogen) atoms. The van der Waals surface area contributed by atoms with E-state index >= 15 is 0 Å². The fraction of sp³-hybridized carbons (Fsp3) is 0.769. The predicted octanol–water partition coefficient (Wildman–Crippen LogP) is 0.354. The third-order valence-corrected chi connectivity index (χ3v) is 2.45. The molecule has 0 fully saturated rings. The second kappa shape index (κ2) is 15.4. The van der Waals surface area contributed by atoms with Gasteiger partial charge in [0.25, 0.3) is 0 Å². The van der Waals surface area contributed by atoms with E-state index in [2.05, 4.69) is 16.0 Å². The number of amides is 2. The normalized spacial score (nSPS) is 10.4. The van der Waals surface area contributed by atoms with Crippen molar-refractivity contribution in [2.45, 2.75) is 46.6 Å². The van der Waals surface area contributed by atoms with Crippen molar-refractivity contribution in [1.29, 1.82) is 0 Å². The van der Waals surface area contributed by atoms with Crippen molar-refractivity contribution in [3.05, 3.63) is 0 Å². The summed E-state index contributed by atoms with van der Waals surface area (Å²) >= 11 is 0. The summed E-state index contributed by atoms with van der Waals surface area (Å²) in [6, 6.07) is -0.324. The molecule has 0 aliphatic rings. The molecule has 0 saturated carbocycles. The topological polar surface area (TPSA) is 108 Å². The van der Waals surface area contributed by atoms with Crippen molar-refractivity contribution in [2.75, 3.05) is 20.1 Å². The molecule has 0 heterocycles. The van der Waals surface area contributed by atoms with Crippen molar-refractivity contribution in [1.82, 2.24) is 16.0 Å². The van der Waals surface area contributed by atoms with Crippen LogP contribution in [-0.2, 0) is 14.4 Å². The van der Waals surface area contributed by atoms with Gasteiger partial charge in [0, 0.05) is 13.1 Å². The number of hydrogen-bond donors (Lipinski definition) is 4. The summed E-state index contributed by atoms with van der Waals surface area (Å²) < 4.78 is 0. The van der Waals surface area contributed by atoms with Gasteiger partial charge in [-0.25, -0.2) is 0 Å². The van der Waals surface area contributed by atoms with Gasteiger partial charge >= 0.3 is 5.97 Å². The standard InChI is InChI=1S/C11H21N3O4.2CH4/c1-12-9(4-2-3-6-13-8-15)11(18)14-7-5-10(16)17;;/h8-9,12H,2-7H2,1H3,(H,13,15)(H,14,18)(H,16,17);2*1H4/i1+1,8+1;2*1+1. The molecule has 0 saturated heterocycles. The van der Waals surface area contributed by atoms with E-state index < -0.39 is 5.97 Å². The van der Waals surface area contributed by atoms with Gasteiger partial charge in [-0.15, -0.1) is 0 Å². The lowest BCUT2D eigenvalue weighted by atomic mass is 10.1. The summed E-state index contributed by atoms with van der Waals surface area (Å²) in [7, 11) is 1.69. The first-order valence-corrected chi connectivity index (χ1v) is 5.95. The van der Waals surface area contributed by atoms with E-state index in [4.69, 9.17) is 5.11 Å². The van der Waals surface area contributed by atoms with E-state index in [0.717, 1.165) is 12.8 Å². The van der Waals surface area contributed by atoms with Gasteiger partial charge in [-0.2, -0.15) is 0 Å². The molecule has 7 heteroatoms. The summed E-state index contributed by atoms with van der Waals surface area (Å²) in [4.78, 5) is 31.9. The molecule has 2 amide bonds. The highest BCUT2D eigenvalue weighted by Crippen LogP contribution is 2.00. The van der Waals surface area contributed by atoms with Crippen molar-refractivity contribution in [2.24, 2.45) is 0 Å². The van der Waals surface area contributed by atoms with Gasteiger partial charge in [0.15, 0.2) is 0 Å². The Hall–Kier alpha value is -1.63. The van der Waals surface area contributed by atoms with Crippen LogP contribution in [0.15, 0.2) is 0 Å². The van der Waals surface area contributed by atoms with Gasteiger partial charge < -0.3 is 21.1 Å². The van der Waals surface area contributed by atoms with E-state index in [1.54, 1.807) is 7.05 Å². The Morgan fingerprint density at radius 1 is 1.20 bits per heavy atom. The molecule has 0 aliphatic carbocycles. The number of carbonyl (C=O) groups excluding carboxylic acids is 2. The number of nitrogens with one attached hydrogen (secondary N) is 3. The lowest BCUT2D eigenvalue weighted by molar-refractivity contribution is -0.137. The maximum Gasteiger partial charge on any atom is 0.305 e. The molecule has 1 atom stereocenters. The van der Waals surface area contributed by atoms with Crippen LogP contribution in [0.3, 0.4) is 0 Å². The molecule has 0 aromatic heterocycles. The molecule has 0 radical (unpaired) electrons. The highest BCUT2D eigenvalue weighted by atomic mass is 16.4. The molecular formula is C13H29N3O4. The van der Waals surface area contributed by atoms with Crippen molar-refractivity contribution >= 4 is 18.3 Å². The minimum atomic E-state index is -0.934. The summed E-state index contributed by atoms with van der Waals surface area (Å²) in [5.74, 6) is -1.13. The quantitative estimate of drug-likeness (QED) is 0.250. The molecule has 7 nitrogen and oxygen atoms in total. The highest BCUT2D eigenvalue weighted by Gasteiger charge is 2.15. The molecule has 0 rings (SSSR count). The smallest absolute Gasteiger partial charge is 0.305 e. The number of likely N-dealkylation sites (N-methyl/N-ethyl adjacent to an activating group) is 1. The van der Waals surface area contributed by atoms with Crippen molar-refractivity contribution in [3.63, 3.8) is 0 Å². The van der Waals surface area contributed by atoms with Gasteiger partial charge in [-0.1, -0.05) is 14.9 Å². The monoisotopic (exact) mass is 295 g/mol. The second-order valence-electron chi connectivity index (χ2n) is 3.84. The van der Waals surface area contributed by atoms with Gasteiger partial charge in [0.2, 0.25) is 12.3 Å². The van der Waals surface area contributed by atoms with Crippen LogP contribution < -0.4 is 16.0 Å². The van der Waals surface area contributed by atoms with Crippen LogP contribution in [0.5, 0.6) is 0 Å². The van der Waals surface area contributed by atoms with E-state index in [0.29, 0.717) is 19.4 Å². The summed E-state index contributed by atoms with van der Waals surface area (Å²) in [6.45, 7) is 0.736. The number of hydrogen-bond acceptors (Lipinski definition) is 4.